The fourth-order valence-electron chi connectivity index (χ4n) is 1.88. The summed E-state index contributed by atoms with van der Waals surface area (Å²) in [7, 11) is 0. The normalized spacial score (nSPS) is 19.2. The van der Waals surface area contributed by atoms with Crippen molar-refractivity contribution in [1.82, 2.24) is 0 Å². The molecule has 1 aromatic carbocycles. The first-order chi connectivity index (χ1) is 8.99. The van der Waals surface area contributed by atoms with Crippen LogP contribution in [0.25, 0.3) is 0 Å². The van der Waals surface area contributed by atoms with Crippen molar-refractivity contribution < 1.29 is 19.6 Å². The number of halogens is 1. The number of nitro groups is 1. The van der Waals surface area contributed by atoms with Gasteiger partial charge in [-0.1, -0.05) is 11.6 Å². The molecule has 2 rings (SSSR count). The first-order valence-electron chi connectivity index (χ1n) is 5.52. The molecule has 0 aliphatic carbocycles. The Morgan fingerprint density at radius 1 is 1.58 bits per heavy atom. The van der Waals surface area contributed by atoms with Crippen LogP contribution in [0.1, 0.15) is 0 Å². The zero-order valence-electron chi connectivity index (χ0n) is 9.78. The topological polar surface area (TPSA) is 92.9 Å². The van der Waals surface area contributed by atoms with Crippen LogP contribution in [0.2, 0.25) is 5.02 Å². The van der Waals surface area contributed by atoms with E-state index in [2.05, 4.69) is 0 Å². The Morgan fingerprint density at radius 3 is 2.89 bits per heavy atom. The van der Waals surface area contributed by atoms with Gasteiger partial charge in [-0.2, -0.15) is 0 Å². The summed E-state index contributed by atoms with van der Waals surface area (Å²) >= 11 is 6.00. The fourth-order valence-corrected chi connectivity index (χ4v) is 2.18. The molecule has 1 heterocycles. The molecule has 1 aliphatic heterocycles. The summed E-state index contributed by atoms with van der Waals surface area (Å²) in [5.74, 6) is -1.04. The molecule has 0 spiro atoms. The largest absolute Gasteiger partial charge is 0.479 e. The van der Waals surface area contributed by atoms with Gasteiger partial charge in [0.1, 0.15) is 0 Å². The molecule has 0 saturated carbocycles. The van der Waals surface area contributed by atoms with Crippen LogP contribution in [0.4, 0.5) is 11.4 Å². The van der Waals surface area contributed by atoms with E-state index in [0.717, 1.165) is 0 Å². The van der Waals surface area contributed by atoms with Gasteiger partial charge in [-0.05, 0) is 6.07 Å². The quantitative estimate of drug-likeness (QED) is 0.669. The van der Waals surface area contributed by atoms with Gasteiger partial charge in [0.2, 0.25) is 0 Å². The van der Waals surface area contributed by atoms with E-state index in [-0.39, 0.29) is 23.9 Å². The van der Waals surface area contributed by atoms with Crippen molar-refractivity contribution in [2.45, 2.75) is 6.10 Å². The van der Waals surface area contributed by atoms with Crippen molar-refractivity contribution in [2.24, 2.45) is 0 Å². The third kappa shape index (κ3) is 2.94. The molecule has 1 atom stereocenters. The molecule has 8 heteroatoms. The van der Waals surface area contributed by atoms with E-state index in [1.54, 1.807) is 4.90 Å². The van der Waals surface area contributed by atoms with Crippen LogP contribution in [-0.2, 0) is 9.53 Å². The molecular formula is C11H11ClN2O5. The summed E-state index contributed by atoms with van der Waals surface area (Å²) in [6, 6.07) is 4.11. The molecule has 1 N–H and O–H groups in total. The lowest BCUT2D eigenvalue weighted by Crippen LogP contribution is -2.46. The average molecular weight is 287 g/mol. The highest BCUT2D eigenvalue weighted by Crippen LogP contribution is 2.30. The number of benzene rings is 1. The SMILES string of the molecule is O=C(O)C1CN(c2ccc([N+](=O)[O-])cc2Cl)CCO1. The third-order valence-electron chi connectivity index (χ3n) is 2.82. The Bertz CT molecular complexity index is 522. The van der Waals surface area contributed by atoms with E-state index in [9.17, 15) is 14.9 Å². The highest BCUT2D eigenvalue weighted by atomic mass is 35.5. The lowest BCUT2D eigenvalue weighted by atomic mass is 10.2. The second kappa shape index (κ2) is 5.41. The molecule has 19 heavy (non-hydrogen) atoms. The zero-order chi connectivity index (χ0) is 14.0. The number of aliphatic carboxylic acids is 1. The molecule has 7 nitrogen and oxygen atoms in total. The van der Waals surface area contributed by atoms with Crippen molar-refractivity contribution in [3.63, 3.8) is 0 Å². The number of ether oxygens (including phenoxy) is 1. The Morgan fingerprint density at radius 2 is 2.32 bits per heavy atom. The number of nitrogens with zero attached hydrogens (tertiary/aromatic N) is 2. The van der Waals surface area contributed by atoms with Crippen molar-refractivity contribution in [3.8, 4) is 0 Å². The van der Waals surface area contributed by atoms with Gasteiger partial charge in [0, 0.05) is 18.7 Å². The minimum absolute atomic E-state index is 0.100. The summed E-state index contributed by atoms with van der Waals surface area (Å²) in [4.78, 5) is 22.7. The number of non-ortho nitro benzene ring substituents is 1. The summed E-state index contributed by atoms with van der Waals surface area (Å²) < 4.78 is 5.10. The predicted molar refractivity (Wildman–Crippen MR) is 67.7 cm³/mol. The maximum atomic E-state index is 10.9. The van der Waals surface area contributed by atoms with Gasteiger partial charge in [-0.15, -0.1) is 0 Å². The van der Waals surface area contributed by atoms with Gasteiger partial charge in [-0.25, -0.2) is 4.79 Å². The Hall–Kier alpha value is -1.86. The van der Waals surface area contributed by atoms with E-state index in [1.807, 2.05) is 0 Å². The molecule has 0 radical (unpaired) electrons. The van der Waals surface area contributed by atoms with Gasteiger partial charge in [0.25, 0.3) is 5.69 Å². The molecule has 1 saturated heterocycles. The Labute approximate surface area is 113 Å². The maximum Gasteiger partial charge on any atom is 0.334 e. The predicted octanol–water partition coefficient (Wildman–Crippen LogP) is 1.54. The number of nitro benzene ring substituents is 1. The van der Waals surface area contributed by atoms with Crippen LogP contribution in [0, 0.1) is 10.1 Å². The third-order valence-corrected chi connectivity index (χ3v) is 3.13. The summed E-state index contributed by atoms with van der Waals surface area (Å²) in [5, 5.41) is 19.8. The van der Waals surface area contributed by atoms with Gasteiger partial charge in [0.15, 0.2) is 6.10 Å². The second-order valence-electron chi connectivity index (χ2n) is 4.04. The van der Waals surface area contributed by atoms with Crippen molar-refractivity contribution in [3.05, 3.63) is 33.3 Å². The minimum atomic E-state index is -1.04. The van der Waals surface area contributed by atoms with E-state index in [4.69, 9.17) is 21.4 Å². The van der Waals surface area contributed by atoms with E-state index < -0.39 is 17.0 Å². The summed E-state index contributed by atoms with van der Waals surface area (Å²) in [6.45, 7) is 0.915. The second-order valence-corrected chi connectivity index (χ2v) is 4.44. The minimum Gasteiger partial charge on any atom is -0.479 e. The number of carboxylic acids is 1. The Kier molecular flexibility index (Phi) is 3.87. The number of anilines is 1. The first-order valence-corrected chi connectivity index (χ1v) is 5.90. The number of carbonyl (C=O) groups is 1. The number of hydrogen-bond donors (Lipinski definition) is 1. The van der Waals surface area contributed by atoms with Gasteiger partial charge < -0.3 is 14.7 Å². The highest BCUT2D eigenvalue weighted by molar-refractivity contribution is 6.33. The lowest BCUT2D eigenvalue weighted by molar-refractivity contribution is -0.384. The van der Waals surface area contributed by atoms with Crippen LogP contribution < -0.4 is 4.90 Å². The van der Waals surface area contributed by atoms with Crippen molar-refractivity contribution >= 4 is 28.9 Å². The summed E-state index contributed by atoms with van der Waals surface area (Å²) in [5.41, 5.74) is 0.471. The van der Waals surface area contributed by atoms with E-state index in [0.29, 0.717) is 12.2 Å². The van der Waals surface area contributed by atoms with Crippen molar-refractivity contribution in [2.75, 3.05) is 24.6 Å². The van der Waals surface area contributed by atoms with Crippen molar-refractivity contribution in [1.29, 1.82) is 0 Å². The molecule has 1 unspecified atom stereocenters. The number of morpholine rings is 1. The standard InChI is InChI=1S/C11H11ClN2O5/c12-8-5-7(14(17)18)1-2-9(8)13-3-4-19-10(6-13)11(15)16/h1-2,5,10H,3-4,6H2,(H,15,16). The smallest absolute Gasteiger partial charge is 0.334 e. The highest BCUT2D eigenvalue weighted by Gasteiger charge is 2.27. The molecular weight excluding hydrogens is 276 g/mol. The summed E-state index contributed by atoms with van der Waals surface area (Å²) in [6.07, 6.45) is -0.917. The van der Waals surface area contributed by atoms with Crippen LogP contribution in [0.15, 0.2) is 18.2 Å². The molecule has 1 aliphatic rings. The molecule has 102 valence electrons. The molecule has 1 aromatic rings. The molecule has 0 bridgehead atoms. The van der Waals surface area contributed by atoms with Gasteiger partial charge >= 0.3 is 5.97 Å². The fraction of sp³-hybridized carbons (Fsp3) is 0.364. The van der Waals surface area contributed by atoms with Crippen LogP contribution >= 0.6 is 11.6 Å². The van der Waals surface area contributed by atoms with E-state index >= 15 is 0 Å². The number of hydrogen-bond acceptors (Lipinski definition) is 5. The van der Waals surface area contributed by atoms with Gasteiger partial charge in [0.05, 0.1) is 28.8 Å². The molecule has 0 amide bonds. The Balaban J connectivity index is 2.22. The van der Waals surface area contributed by atoms with Gasteiger partial charge in [-0.3, -0.25) is 10.1 Å². The van der Waals surface area contributed by atoms with Crippen LogP contribution in [0.5, 0.6) is 0 Å². The molecule has 0 aromatic heterocycles. The average Bonchev–Trinajstić information content (AvgIpc) is 2.38. The maximum absolute atomic E-state index is 10.9. The first kappa shape index (κ1) is 13.6. The zero-order valence-corrected chi connectivity index (χ0v) is 10.5. The molecule has 1 fully saturated rings. The number of carboxylic acid groups (broad SMARTS) is 1. The lowest BCUT2D eigenvalue weighted by Gasteiger charge is -2.33. The van der Waals surface area contributed by atoms with E-state index in [1.165, 1.54) is 18.2 Å². The number of rotatable bonds is 3. The van der Waals surface area contributed by atoms with Crippen LogP contribution in [0.3, 0.4) is 0 Å². The monoisotopic (exact) mass is 286 g/mol. The van der Waals surface area contributed by atoms with Crippen LogP contribution in [-0.4, -0.2) is 41.8 Å².